The maximum atomic E-state index is 11.2. The number of nitrogens with zero attached hydrogens (tertiary/aromatic N) is 4. The largest absolute Gasteiger partial charge is 0.370 e. The van der Waals surface area contributed by atoms with Crippen molar-refractivity contribution < 1.29 is 4.21 Å². The lowest BCUT2D eigenvalue weighted by Gasteiger charge is -2.11. The number of fused-ring (bicyclic) bond motifs is 1. The van der Waals surface area contributed by atoms with Gasteiger partial charge in [0.2, 0.25) is 0 Å². The third-order valence-corrected chi connectivity index (χ3v) is 4.21. The summed E-state index contributed by atoms with van der Waals surface area (Å²) >= 11 is 5.89. The van der Waals surface area contributed by atoms with E-state index in [9.17, 15) is 4.21 Å². The van der Waals surface area contributed by atoms with Crippen molar-refractivity contribution in [3.05, 3.63) is 17.5 Å². The van der Waals surface area contributed by atoms with Gasteiger partial charge in [0, 0.05) is 34.9 Å². The minimum absolute atomic E-state index is 0.154. The molecule has 2 rings (SSSR count). The van der Waals surface area contributed by atoms with Crippen LogP contribution in [-0.4, -0.2) is 41.8 Å². The first-order valence-electron chi connectivity index (χ1n) is 5.50. The van der Waals surface area contributed by atoms with Crippen LogP contribution in [0.5, 0.6) is 0 Å². The Morgan fingerprint density at radius 2 is 2.39 bits per heavy atom. The van der Waals surface area contributed by atoms with Crippen molar-refractivity contribution in [2.45, 2.75) is 18.6 Å². The summed E-state index contributed by atoms with van der Waals surface area (Å²) in [7, 11) is -0.805. The molecule has 2 heterocycles. The zero-order chi connectivity index (χ0) is 13.1. The van der Waals surface area contributed by atoms with Crippen molar-refractivity contribution in [3.8, 4) is 0 Å². The number of nitrogens with one attached hydrogen (secondary N) is 1. The van der Waals surface area contributed by atoms with E-state index in [1.54, 1.807) is 16.8 Å². The molecule has 98 valence electrons. The summed E-state index contributed by atoms with van der Waals surface area (Å²) in [5.41, 5.74) is 0. The molecule has 0 amide bonds. The molecule has 0 saturated carbocycles. The summed E-state index contributed by atoms with van der Waals surface area (Å²) in [4.78, 5) is 8.01. The van der Waals surface area contributed by atoms with Crippen LogP contribution in [0.15, 0.2) is 12.4 Å². The Hall–Kier alpha value is -1.21. The van der Waals surface area contributed by atoms with Crippen LogP contribution in [0.1, 0.15) is 13.3 Å². The van der Waals surface area contributed by atoms with E-state index in [1.165, 1.54) is 6.33 Å². The molecule has 2 atom stereocenters. The Morgan fingerprint density at radius 3 is 3.11 bits per heavy atom. The van der Waals surface area contributed by atoms with Crippen molar-refractivity contribution in [1.82, 2.24) is 19.6 Å². The number of aromatic nitrogens is 4. The van der Waals surface area contributed by atoms with Crippen LogP contribution >= 0.6 is 11.6 Å². The second-order valence-corrected chi connectivity index (χ2v) is 6.15. The van der Waals surface area contributed by atoms with Crippen LogP contribution in [0.4, 0.5) is 5.82 Å². The maximum Gasteiger partial charge on any atom is 0.255 e. The molecule has 0 radical (unpaired) electrons. The summed E-state index contributed by atoms with van der Waals surface area (Å²) in [6, 6.07) is 1.69. The van der Waals surface area contributed by atoms with E-state index < -0.39 is 10.8 Å². The fourth-order valence-electron chi connectivity index (χ4n) is 1.48. The van der Waals surface area contributed by atoms with Gasteiger partial charge in [0.15, 0.2) is 0 Å². The van der Waals surface area contributed by atoms with Crippen molar-refractivity contribution in [2.75, 3.05) is 18.1 Å². The monoisotopic (exact) mass is 287 g/mol. The lowest BCUT2D eigenvalue weighted by Crippen LogP contribution is -2.16. The van der Waals surface area contributed by atoms with Gasteiger partial charge in [-0.1, -0.05) is 18.5 Å². The Labute approximate surface area is 112 Å². The summed E-state index contributed by atoms with van der Waals surface area (Å²) < 4.78 is 12.8. The van der Waals surface area contributed by atoms with Crippen LogP contribution in [0, 0.1) is 0 Å². The molecule has 0 saturated heterocycles. The van der Waals surface area contributed by atoms with Gasteiger partial charge in [-0.2, -0.15) is 19.6 Å². The standard InChI is InChI=1S/C10H14ClN5OS/c1-7(18(2)17)3-4-12-9-5-8(11)15-10-13-6-14-16(9)10/h5-7,12H,3-4H2,1-2H3. The fraction of sp³-hybridized carbons (Fsp3) is 0.500. The molecular formula is C10H14ClN5OS. The van der Waals surface area contributed by atoms with Crippen LogP contribution in [0.3, 0.4) is 0 Å². The van der Waals surface area contributed by atoms with Crippen LogP contribution in [0.2, 0.25) is 5.15 Å². The van der Waals surface area contributed by atoms with Crippen molar-refractivity contribution in [2.24, 2.45) is 0 Å². The lowest BCUT2D eigenvalue weighted by atomic mass is 10.3. The van der Waals surface area contributed by atoms with E-state index in [-0.39, 0.29) is 5.25 Å². The zero-order valence-electron chi connectivity index (χ0n) is 10.1. The van der Waals surface area contributed by atoms with Crippen LogP contribution < -0.4 is 5.32 Å². The van der Waals surface area contributed by atoms with Gasteiger partial charge in [-0.05, 0) is 6.42 Å². The predicted molar refractivity (Wildman–Crippen MR) is 72.4 cm³/mol. The normalized spacial score (nSPS) is 14.6. The van der Waals surface area contributed by atoms with E-state index in [0.717, 1.165) is 12.2 Å². The maximum absolute atomic E-state index is 11.2. The van der Waals surface area contributed by atoms with Crippen molar-refractivity contribution in [3.63, 3.8) is 0 Å². The zero-order valence-corrected chi connectivity index (χ0v) is 11.7. The molecule has 0 aliphatic heterocycles. The molecule has 0 spiro atoms. The Bertz CT molecular complexity index is 572. The molecule has 6 nitrogen and oxygen atoms in total. The molecule has 2 aromatic heterocycles. The Morgan fingerprint density at radius 1 is 1.61 bits per heavy atom. The number of hydrogen-bond donors (Lipinski definition) is 1. The first-order valence-corrected chi connectivity index (χ1v) is 7.50. The molecule has 1 N–H and O–H groups in total. The second kappa shape index (κ2) is 5.62. The van der Waals surface area contributed by atoms with Gasteiger partial charge < -0.3 is 5.32 Å². The van der Waals surface area contributed by atoms with Gasteiger partial charge in [0.25, 0.3) is 5.78 Å². The molecular weight excluding hydrogens is 274 g/mol. The number of anilines is 1. The molecule has 0 aromatic carbocycles. The highest BCUT2D eigenvalue weighted by atomic mass is 35.5. The lowest BCUT2D eigenvalue weighted by molar-refractivity contribution is 0.672. The Balaban J connectivity index is 2.07. The molecule has 0 aliphatic rings. The number of rotatable bonds is 5. The summed E-state index contributed by atoms with van der Waals surface area (Å²) in [6.45, 7) is 2.65. The molecule has 2 aromatic rings. The molecule has 0 aliphatic carbocycles. The Kier molecular flexibility index (Phi) is 4.13. The van der Waals surface area contributed by atoms with E-state index in [4.69, 9.17) is 11.6 Å². The third-order valence-electron chi connectivity index (χ3n) is 2.64. The molecule has 0 bridgehead atoms. The van der Waals surface area contributed by atoms with E-state index in [1.807, 2.05) is 6.92 Å². The van der Waals surface area contributed by atoms with Crippen molar-refractivity contribution >= 4 is 34.0 Å². The van der Waals surface area contributed by atoms with Crippen molar-refractivity contribution in [1.29, 1.82) is 0 Å². The molecule has 2 unspecified atom stereocenters. The third kappa shape index (κ3) is 2.97. The van der Waals surface area contributed by atoms with Gasteiger partial charge in [-0.15, -0.1) is 0 Å². The highest BCUT2D eigenvalue weighted by Crippen LogP contribution is 2.14. The highest BCUT2D eigenvalue weighted by Gasteiger charge is 2.08. The summed E-state index contributed by atoms with van der Waals surface area (Å²) in [5, 5.41) is 7.78. The topological polar surface area (TPSA) is 72.2 Å². The highest BCUT2D eigenvalue weighted by molar-refractivity contribution is 7.84. The number of halogens is 1. The van der Waals surface area contributed by atoms with Gasteiger partial charge in [-0.25, -0.2) is 0 Å². The van der Waals surface area contributed by atoms with E-state index >= 15 is 0 Å². The van der Waals surface area contributed by atoms with Gasteiger partial charge in [0.1, 0.15) is 17.3 Å². The quantitative estimate of drug-likeness (QED) is 0.841. The predicted octanol–water partition coefficient (Wildman–Crippen LogP) is 1.35. The van der Waals surface area contributed by atoms with Crippen LogP contribution in [-0.2, 0) is 10.8 Å². The SMILES string of the molecule is CC(CCNc1cc(Cl)nc2ncnn12)S(C)=O. The first kappa shape index (κ1) is 13.2. The van der Waals surface area contributed by atoms with Gasteiger partial charge >= 0.3 is 0 Å². The van der Waals surface area contributed by atoms with Gasteiger partial charge in [-0.3, -0.25) is 4.21 Å². The summed E-state index contributed by atoms with van der Waals surface area (Å²) in [5.74, 6) is 1.19. The van der Waals surface area contributed by atoms with E-state index in [2.05, 4.69) is 20.4 Å². The average molecular weight is 288 g/mol. The minimum Gasteiger partial charge on any atom is -0.370 e. The average Bonchev–Trinajstić information content (AvgIpc) is 2.76. The molecule has 0 fully saturated rings. The summed E-state index contributed by atoms with van der Waals surface area (Å²) in [6.07, 6.45) is 3.94. The first-order chi connectivity index (χ1) is 8.58. The number of hydrogen-bond acceptors (Lipinski definition) is 5. The minimum atomic E-state index is -0.805. The van der Waals surface area contributed by atoms with Gasteiger partial charge in [0.05, 0.1) is 0 Å². The smallest absolute Gasteiger partial charge is 0.255 e. The fourth-order valence-corrected chi connectivity index (χ4v) is 2.11. The van der Waals surface area contributed by atoms with Crippen LogP contribution in [0.25, 0.3) is 5.78 Å². The molecule has 18 heavy (non-hydrogen) atoms. The second-order valence-electron chi connectivity index (χ2n) is 3.96. The molecule has 8 heteroatoms. The van der Waals surface area contributed by atoms with E-state index in [0.29, 0.717) is 17.5 Å².